The molecule has 0 spiro atoms. The zero-order valence-corrected chi connectivity index (χ0v) is 15.4. The number of hydrogen-bond donors (Lipinski definition) is 2. The molecule has 7 nitrogen and oxygen atoms in total. The fraction of sp³-hybridized carbons (Fsp3) is 0.529. The van der Waals surface area contributed by atoms with E-state index in [0.29, 0.717) is 13.1 Å². The number of hydrogen-bond acceptors (Lipinski definition) is 4. The molecule has 1 aliphatic heterocycles. The lowest BCUT2D eigenvalue weighted by Crippen LogP contribution is -2.43. The van der Waals surface area contributed by atoms with Crippen LogP contribution in [0.1, 0.15) is 38.7 Å². The van der Waals surface area contributed by atoms with Crippen molar-refractivity contribution >= 4 is 21.8 Å². The Morgan fingerprint density at radius 3 is 2.28 bits per heavy atom. The summed E-state index contributed by atoms with van der Waals surface area (Å²) in [5.41, 5.74) is 0.727. The lowest BCUT2D eigenvalue weighted by Gasteiger charge is -2.15. The van der Waals surface area contributed by atoms with E-state index in [1.54, 1.807) is 12.1 Å². The molecule has 1 atom stereocenters. The fourth-order valence-corrected chi connectivity index (χ4v) is 4.03. The summed E-state index contributed by atoms with van der Waals surface area (Å²) in [5.74, 6) is -1.36. The van der Waals surface area contributed by atoms with Crippen LogP contribution >= 0.6 is 0 Å². The summed E-state index contributed by atoms with van der Waals surface area (Å²) >= 11 is 0. The number of benzene rings is 1. The van der Waals surface area contributed by atoms with Crippen LogP contribution < -0.4 is 10.6 Å². The van der Waals surface area contributed by atoms with Gasteiger partial charge in [-0.3, -0.25) is 9.59 Å². The lowest BCUT2D eigenvalue weighted by molar-refractivity contribution is -0.139. The molecule has 1 aromatic rings. The largest absolute Gasteiger partial charge is 0.345 e. The van der Waals surface area contributed by atoms with Crippen LogP contribution in [0.5, 0.6) is 0 Å². The van der Waals surface area contributed by atoms with E-state index in [1.807, 2.05) is 13.8 Å². The highest BCUT2D eigenvalue weighted by molar-refractivity contribution is 7.89. The maximum atomic E-state index is 12.4. The maximum Gasteiger partial charge on any atom is 0.309 e. The van der Waals surface area contributed by atoms with E-state index in [2.05, 4.69) is 10.6 Å². The summed E-state index contributed by atoms with van der Waals surface area (Å²) < 4.78 is 26.4. The van der Waals surface area contributed by atoms with Gasteiger partial charge in [0.25, 0.3) is 0 Å². The average Bonchev–Trinajstić information content (AvgIpc) is 3.15. The summed E-state index contributed by atoms with van der Waals surface area (Å²) in [6.07, 6.45) is 2.52. The first-order valence-corrected chi connectivity index (χ1v) is 9.96. The number of amides is 2. The Kier molecular flexibility index (Phi) is 6.55. The molecule has 1 heterocycles. The topological polar surface area (TPSA) is 95.6 Å². The van der Waals surface area contributed by atoms with Gasteiger partial charge in [-0.1, -0.05) is 19.1 Å². The highest BCUT2D eigenvalue weighted by Gasteiger charge is 2.26. The van der Waals surface area contributed by atoms with Gasteiger partial charge < -0.3 is 10.6 Å². The molecule has 8 heteroatoms. The molecule has 1 aromatic carbocycles. The van der Waals surface area contributed by atoms with E-state index in [1.165, 1.54) is 16.4 Å². The van der Waals surface area contributed by atoms with Crippen LogP contribution in [0.15, 0.2) is 29.2 Å². The summed E-state index contributed by atoms with van der Waals surface area (Å²) in [6.45, 7) is 5.03. The molecular weight excluding hydrogens is 342 g/mol. The Labute approximate surface area is 148 Å². The summed E-state index contributed by atoms with van der Waals surface area (Å²) in [6, 6.07) is 6.31. The number of nitrogens with one attached hydrogen (secondary N) is 2. The van der Waals surface area contributed by atoms with Gasteiger partial charge in [0, 0.05) is 25.7 Å². The van der Waals surface area contributed by atoms with Crippen molar-refractivity contribution in [2.45, 2.75) is 50.6 Å². The van der Waals surface area contributed by atoms with Crippen LogP contribution in [0, 0.1) is 0 Å². The highest BCUT2D eigenvalue weighted by atomic mass is 32.2. The van der Waals surface area contributed by atoms with Crippen molar-refractivity contribution < 1.29 is 18.0 Å². The minimum atomic E-state index is -3.43. The molecule has 138 valence electrons. The normalized spacial score (nSPS) is 16.4. The van der Waals surface area contributed by atoms with Crippen LogP contribution in [0.2, 0.25) is 0 Å². The molecule has 25 heavy (non-hydrogen) atoms. The van der Waals surface area contributed by atoms with Crippen LogP contribution in [-0.4, -0.2) is 43.7 Å². The second-order valence-electron chi connectivity index (χ2n) is 6.22. The SMILES string of the molecule is CC[C@H](C)NC(=O)C(=O)NCc1ccc(S(=O)(=O)N2CCCC2)cc1. The molecular formula is C17H25N3O4S. The quantitative estimate of drug-likeness (QED) is 0.733. The monoisotopic (exact) mass is 367 g/mol. The molecule has 0 aliphatic carbocycles. The Morgan fingerprint density at radius 1 is 1.12 bits per heavy atom. The van der Waals surface area contributed by atoms with E-state index >= 15 is 0 Å². The fourth-order valence-electron chi connectivity index (χ4n) is 2.51. The predicted octanol–water partition coefficient (Wildman–Crippen LogP) is 1.00. The molecule has 0 saturated carbocycles. The van der Waals surface area contributed by atoms with Gasteiger partial charge in [-0.15, -0.1) is 0 Å². The van der Waals surface area contributed by atoms with Crippen molar-refractivity contribution in [1.82, 2.24) is 14.9 Å². The molecule has 2 N–H and O–H groups in total. The highest BCUT2D eigenvalue weighted by Crippen LogP contribution is 2.21. The smallest absolute Gasteiger partial charge is 0.309 e. The minimum Gasteiger partial charge on any atom is -0.345 e. The molecule has 0 aromatic heterocycles. The van der Waals surface area contributed by atoms with E-state index < -0.39 is 21.8 Å². The minimum absolute atomic E-state index is 0.0617. The molecule has 0 unspecified atom stereocenters. The van der Waals surface area contributed by atoms with Gasteiger partial charge in [-0.05, 0) is 43.9 Å². The van der Waals surface area contributed by atoms with Crippen LogP contribution in [-0.2, 0) is 26.2 Å². The molecule has 0 bridgehead atoms. The maximum absolute atomic E-state index is 12.4. The average molecular weight is 367 g/mol. The first-order valence-electron chi connectivity index (χ1n) is 8.52. The molecule has 2 amide bonds. The van der Waals surface area contributed by atoms with Crippen LogP contribution in [0.25, 0.3) is 0 Å². The number of sulfonamides is 1. The summed E-state index contributed by atoms with van der Waals surface area (Å²) in [4.78, 5) is 23.6. The van der Waals surface area contributed by atoms with E-state index in [9.17, 15) is 18.0 Å². The molecule has 1 aliphatic rings. The van der Waals surface area contributed by atoms with Gasteiger partial charge in [-0.2, -0.15) is 4.31 Å². The Hall–Kier alpha value is -1.93. The standard InChI is InChI=1S/C17H25N3O4S/c1-3-13(2)19-17(22)16(21)18-12-14-6-8-15(9-7-14)25(23,24)20-10-4-5-11-20/h6-9,13H,3-5,10-12H2,1-2H3,(H,18,21)(H,19,22)/t13-/m0/s1. The molecule has 0 radical (unpaired) electrons. The van der Waals surface area contributed by atoms with Crippen molar-refractivity contribution in [2.75, 3.05) is 13.1 Å². The van der Waals surface area contributed by atoms with Crippen molar-refractivity contribution in [3.05, 3.63) is 29.8 Å². The Morgan fingerprint density at radius 2 is 1.72 bits per heavy atom. The number of nitrogens with zero attached hydrogens (tertiary/aromatic N) is 1. The Balaban J connectivity index is 1.92. The molecule has 1 fully saturated rings. The van der Waals surface area contributed by atoms with Crippen molar-refractivity contribution in [3.8, 4) is 0 Å². The lowest BCUT2D eigenvalue weighted by atomic mass is 10.2. The van der Waals surface area contributed by atoms with Crippen LogP contribution in [0.4, 0.5) is 0 Å². The molecule has 2 rings (SSSR count). The van der Waals surface area contributed by atoms with Crippen molar-refractivity contribution in [1.29, 1.82) is 0 Å². The zero-order valence-electron chi connectivity index (χ0n) is 14.6. The Bertz CT molecular complexity index is 710. The van der Waals surface area contributed by atoms with Gasteiger partial charge in [-0.25, -0.2) is 8.42 Å². The van der Waals surface area contributed by atoms with Gasteiger partial charge in [0.1, 0.15) is 0 Å². The van der Waals surface area contributed by atoms with Crippen LogP contribution in [0.3, 0.4) is 0 Å². The van der Waals surface area contributed by atoms with Gasteiger partial charge in [0.05, 0.1) is 4.90 Å². The number of rotatable bonds is 6. The second-order valence-corrected chi connectivity index (χ2v) is 8.16. The van der Waals surface area contributed by atoms with Gasteiger partial charge in [0.15, 0.2) is 0 Å². The zero-order chi connectivity index (χ0) is 18.4. The third-order valence-corrected chi connectivity index (χ3v) is 6.19. The van der Waals surface area contributed by atoms with Crippen molar-refractivity contribution in [3.63, 3.8) is 0 Å². The summed E-state index contributed by atoms with van der Waals surface area (Å²) in [5, 5.41) is 5.12. The van der Waals surface area contributed by atoms with E-state index in [-0.39, 0.29) is 17.5 Å². The third kappa shape index (κ3) is 5.02. The number of carbonyl (C=O) groups is 2. The predicted molar refractivity (Wildman–Crippen MR) is 94.2 cm³/mol. The van der Waals surface area contributed by atoms with Gasteiger partial charge >= 0.3 is 11.8 Å². The van der Waals surface area contributed by atoms with E-state index in [0.717, 1.165) is 24.8 Å². The summed E-state index contributed by atoms with van der Waals surface area (Å²) in [7, 11) is -3.43. The van der Waals surface area contributed by atoms with E-state index in [4.69, 9.17) is 0 Å². The van der Waals surface area contributed by atoms with Gasteiger partial charge in [0.2, 0.25) is 10.0 Å². The first kappa shape index (κ1) is 19.4. The van der Waals surface area contributed by atoms with Crippen molar-refractivity contribution in [2.24, 2.45) is 0 Å². The number of carbonyl (C=O) groups excluding carboxylic acids is 2. The molecule has 1 saturated heterocycles. The first-order chi connectivity index (χ1) is 11.8. The second kappa shape index (κ2) is 8.44. The third-order valence-electron chi connectivity index (χ3n) is 4.28.